The van der Waals surface area contributed by atoms with Crippen molar-refractivity contribution in [1.82, 2.24) is 14.7 Å². The normalized spacial score (nSPS) is 17.4. The first kappa shape index (κ1) is 13.2. The van der Waals surface area contributed by atoms with Gasteiger partial charge in [-0.05, 0) is 40.4 Å². The molecule has 1 aromatic rings. The Hall–Kier alpha value is -0.870. The van der Waals surface area contributed by atoms with Gasteiger partial charge in [-0.15, -0.1) is 0 Å². The van der Waals surface area contributed by atoms with E-state index in [-0.39, 0.29) is 5.54 Å². The summed E-state index contributed by atoms with van der Waals surface area (Å²) >= 11 is 0. The number of hydrogen-bond donors (Lipinski definition) is 1. The second-order valence-corrected chi connectivity index (χ2v) is 4.58. The monoisotopic (exact) mass is 225 g/mol. The van der Waals surface area contributed by atoms with E-state index >= 15 is 0 Å². The summed E-state index contributed by atoms with van der Waals surface area (Å²) in [6.07, 6.45) is 2.11. The van der Waals surface area contributed by atoms with Crippen LogP contribution in [-0.2, 0) is 6.54 Å². The number of rotatable bonds is 5. The molecule has 16 heavy (non-hydrogen) atoms. The third kappa shape index (κ3) is 2.13. The molecule has 1 rings (SSSR count). The van der Waals surface area contributed by atoms with Crippen LogP contribution in [0.2, 0.25) is 0 Å². The predicted octanol–water partition coefficient (Wildman–Crippen LogP) is 1.67. The molecule has 0 aliphatic heterocycles. The summed E-state index contributed by atoms with van der Waals surface area (Å²) in [6, 6.07) is 1.89. The van der Waals surface area contributed by atoms with E-state index < -0.39 is 6.10 Å². The lowest BCUT2D eigenvalue weighted by molar-refractivity contribution is -0.00435. The van der Waals surface area contributed by atoms with Gasteiger partial charge in [0.05, 0.1) is 5.69 Å². The zero-order chi connectivity index (χ0) is 12.3. The van der Waals surface area contributed by atoms with E-state index in [4.69, 9.17) is 0 Å². The Morgan fingerprint density at radius 2 is 2.12 bits per heavy atom. The molecule has 0 bridgehead atoms. The van der Waals surface area contributed by atoms with Crippen LogP contribution in [0.4, 0.5) is 0 Å². The minimum Gasteiger partial charge on any atom is -0.385 e. The van der Waals surface area contributed by atoms with E-state index in [0.29, 0.717) is 0 Å². The number of likely N-dealkylation sites (N-methyl/N-ethyl adjacent to an activating group) is 1. The van der Waals surface area contributed by atoms with Gasteiger partial charge in [0, 0.05) is 18.3 Å². The lowest BCUT2D eigenvalue weighted by atomic mass is 9.88. The molecular formula is C12H23N3O. The fourth-order valence-electron chi connectivity index (χ4n) is 1.91. The summed E-state index contributed by atoms with van der Waals surface area (Å²) in [7, 11) is 4.00. The summed E-state index contributed by atoms with van der Waals surface area (Å²) < 4.78 is 1.85. The van der Waals surface area contributed by atoms with Crippen LogP contribution < -0.4 is 0 Å². The van der Waals surface area contributed by atoms with E-state index in [9.17, 15) is 5.11 Å². The number of hydrogen-bond acceptors (Lipinski definition) is 3. The molecule has 0 spiro atoms. The topological polar surface area (TPSA) is 41.3 Å². The van der Waals surface area contributed by atoms with Crippen molar-refractivity contribution >= 4 is 0 Å². The lowest BCUT2D eigenvalue weighted by Crippen LogP contribution is -2.46. The van der Waals surface area contributed by atoms with Gasteiger partial charge in [-0.2, -0.15) is 5.10 Å². The van der Waals surface area contributed by atoms with E-state index in [1.807, 2.05) is 31.8 Å². The molecule has 0 saturated heterocycles. The van der Waals surface area contributed by atoms with Crippen LogP contribution in [0.3, 0.4) is 0 Å². The highest BCUT2D eigenvalue weighted by Gasteiger charge is 2.36. The number of aliphatic hydroxyl groups is 1. The predicted molar refractivity (Wildman–Crippen MR) is 65.2 cm³/mol. The van der Waals surface area contributed by atoms with E-state index in [2.05, 4.69) is 23.8 Å². The second kappa shape index (κ2) is 4.97. The fourth-order valence-corrected chi connectivity index (χ4v) is 1.91. The Morgan fingerprint density at radius 1 is 1.50 bits per heavy atom. The maximum absolute atomic E-state index is 10.5. The van der Waals surface area contributed by atoms with Crippen molar-refractivity contribution in [3.63, 3.8) is 0 Å². The molecule has 2 unspecified atom stereocenters. The maximum atomic E-state index is 10.5. The van der Waals surface area contributed by atoms with Gasteiger partial charge in [-0.25, -0.2) is 0 Å². The van der Waals surface area contributed by atoms with Crippen LogP contribution in [0.1, 0.15) is 39.0 Å². The van der Waals surface area contributed by atoms with Gasteiger partial charge in [-0.3, -0.25) is 4.68 Å². The molecule has 0 aliphatic carbocycles. The highest BCUT2D eigenvalue weighted by atomic mass is 16.3. The van der Waals surface area contributed by atoms with E-state index in [1.165, 1.54) is 0 Å². The average Bonchev–Trinajstić information content (AvgIpc) is 2.74. The van der Waals surface area contributed by atoms with Gasteiger partial charge >= 0.3 is 0 Å². The summed E-state index contributed by atoms with van der Waals surface area (Å²) in [6.45, 7) is 6.98. The Balaban J connectivity index is 3.04. The molecule has 2 atom stereocenters. The number of aliphatic hydroxyl groups excluding tert-OH is 1. The highest BCUT2D eigenvalue weighted by molar-refractivity contribution is 5.11. The third-order valence-corrected chi connectivity index (χ3v) is 3.66. The van der Waals surface area contributed by atoms with Gasteiger partial charge < -0.3 is 10.0 Å². The molecule has 0 saturated carbocycles. The van der Waals surface area contributed by atoms with Gasteiger partial charge in [0.25, 0.3) is 0 Å². The first-order valence-electron chi connectivity index (χ1n) is 5.84. The zero-order valence-corrected chi connectivity index (χ0v) is 10.9. The molecule has 0 aromatic carbocycles. The van der Waals surface area contributed by atoms with Crippen LogP contribution in [0.5, 0.6) is 0 Å². The molecule has 0 radical (unpaired) electrons. The average molecular weight is 225 g/mol. The maximum Gasteiger partial charge on any atom is 0.114 e. The van der Waals surface area contributed by atoms with Crippen molar-refractivity contribution < 1.29 is 5.11 Å². The molecule has 1 aromatic heterocycles. The van der Waals surface area contributed by atoms with E-state index in [0.717, 1.165) is 18.7 Å². The first-order chi connectivity index (χ1) is 7.47. The first-order valence-corrected chi connectivity index (χ1v) is 5.84. The molecule has 92 valence electrons. The van der Waals surface area contributed by atoms with Crippen molar-refractivity contribution in [1.29, 1.82) is 0 Å². The van der Waals surface area contributed by atoms with Crippen molar-refractivity contribution in [2.75, 3.05) is 14.1 Å². The minimum absolute atomic E-state index is 0.257. The minimum atomic E-state index is -0.519. The zero-order valence-electron chi connectivity index (χ0n) is 10.9. The van der Waals surface area contributed by atoms with Crippen molar-refractivity contribution in [2.45, 2.75) is 45.4 Å². The SMILES string of the molecule is CCn1nccc1C(O)C(C)(CC)N(C)C. The second-order valence-electron chi connectivity index (χ2n) is 4.58. The van der Waals surface area contributed by atoms with Gasteiger partial charge in [0.1, 0.15) is 6.10 Å². The van der Waals surface area contributed by atoms with Crippen molar-refractivity contribution in [3.05, 3.63) is 18.0 Å². The molecule has 1 heterocycles. The van der Waals surface area contributed by atoms with Gasteiger partial charge in [0.15, 0.2) is 0 Å². The van der Waals surface area contributed by atoms with Crippen LogP contribution in [0.25, 0.3) is 0 Å². The quantitative estimate of drug-likeness (QED) is 0.828. The number of aryl methyl sites for hydroxylation is 1. The summed E-state index contributed by atoms with van der Waals surface area (Å²) in [5.74, 6) is 0. The smallest absolute Gasteiger partial charge is 0.114 e. The summed E-state index contributed by atoms with van der Waals surface area (Å²) in [4.78, 5) is 2.07. The Labute approximate surface area is 97.9 Å². The Kier molecular flexibility index (Phi) is 4.10. The molecule has 1 N–H and O–H groups in total. The van der Waals surface area contributed by atoms with Crippen LogP contribution >= 0.6 is 0 Å². The third-order valence-electron chi connectivity index (χ3n) is 3.66. The number of aromatic nitrogens is 2. The Bertz CT molecular complexity index is 335. The standard InChI is InChI=1S/C12H23N3O/c1-6-12(3,14(4)5)11(16)10-8-9-13-15(10)7-2/h8-9,11,16H,6-7H2,1-5H3. The Morgan fingerprint density at radius 3 is 2.56 bits per heavy atom. The van der Waals surface area contributed by atoms with Crippen molar-refractivity contribution in [2.24, 2.45) is 0 Å². The van der Waals surface area contributed by atoms with Crippen molar-refractivity contribution in [3.8, 4) is 0 Å². The summed E-state index contributed by atoms with van der Waals surface area (Å²) in [5, 5.41) is 14.7. The fraction of sp³-hybridized carbons (Fsp3) is 0.750. The van der Waals surface area contributed by atoms with Crippen LogP contribution in [0.15, 0.2) is 12.3 Å². The van der Waals surface area contributed by atoms with Gasteiger partial charge in [-0.1, -0.05) is 6.92 Å². The molecule has 4 heteroatoms. The summed E-state index contributed by atoms with van der Waals surface area (Å²) in [5.41, 5.74) is 0.632. The molecule has 0 aliphatic rings. The lowest BCUT2D eigenvalue weighted by Gasteiger charge is -2.39. The molecule has 4 nitrogen and oxygen atoms in total. The van der Waals surface area contributed by atoms with E-state index in [1.54, 1.807) is 6.20 Å². The largest absolute Gasteiger partial charge is 0.385 e. The molecular weight excluding hydrogens is 202 g/mol. The van der Waals surface area contributed by atoms with Crippen LogP contribution in [0, 0.1) is 0 Å². The van der Waals surface area contributed by atoms with Gasteiger partial charge in [0.2, 0.25) is 0 Å². The molecule has 0 amide bonds. The molecule has 0 fully saturated rings. The highest BCUT2D eigenvalue weighted by Crippen LogP contribution is 2.32. The van der Waals surface area contributed by atoms with Crippen LogP contribution in [-0.4, -0.2) is 39.4 Å². The number of nitrogens with zero attached hydrogens (tertiary/aromatic N) is 3.